The van der Waals surface area contributed by atoms with Crippen molar-refractivity contribution in [2.45, 2.75) is 19.5 Å². The predicted octanol–water partition coefficient (Wildman–Crippen LogP) is 3.66. The van der Waals surface area contributed by atoms with E-state index in [0.29, 0.717) is 12.3 Å². The Bertz CT molecular complexity index is 571. The molecule has 0 aliphatic carbocycles. The number of benzene rings is 1. The predicted molar refractivity (Wildman–Crippen MR) is 70.1 cm³/mol. The van der Waals surface area contributed by atoms with Gasteiger partial charge in [0.1, 0.15) is 11.8 Å². The quantitative estimate of drug-likeness (QED) is 0.913. The van der Waals surface area contributed by atoms with E-state index in [2.05, 4.69) is 5.32 Å². The molecule has 2 aromatic rings. The minimum Gasteiger partial charge on any atom is -0.449 e. The summed E-state index contributed by atoms with van der Waals surface area (Å²) in [4.78, 5) is 0. The molecule has 1 heterocycles. The number of halogens is 1. The number of hydrogen-bond acceptors (Lipinski definition) is 3. The Hall–Kier alpha value is -1.76. The summed E-state index contributed by atoms with van der Waals surface area (Å²) in [6.07, 6.45) is 0. The largest absolute Gasteiger partial charge is 0.449 e. The lowest BCUT2D eigenvalue weighted by atomic mass is 10.1. The number of hydrogen-bond donors (Lipinski definition) is 1. The van der Waals surface area contributed by atoms with Crippen LogP contribution in [0.1, 0.15) is 30.0 Å². The van der Waals surface area contributed by atoms with Gasteiger partial charge in [-0.25, -0.2) is 0 Å². The van der Waals surface area contributed by atoms with Crippen LogP contribution in [0.4, 0.5) is 0 Å². The van der Waals surface area contributed by atoms with Crippen LogP contribution < -0.4 is 5.32 Å². The van der Waals surface area contributed by atoms with Gasteiger partial charge in [-0.05, 0) is 30.7 Å². The molecule has 0 bridgehead atoms. The molecule has 0 spiro atoms. The summed E-state index contributed by atoms with van der Waals surface area (Å²) in [6.45, 7) is 2.60. The summed E-state index contributed by atoms with van der Waals surface area (Å²) in [6, 6.07) is 13.3. The van der Waals surface area contributed by atoms with Crippen LogP contribution in [0.5, 0.6) is 0 Å². The van der Waals surface area contributed by atoms with E-state index in [9.17, 15) is 0 Å². The third-order valence-corrected chi connectivity index (χ3v) is 3.07. The highest BCUT2D eigenvalue weighted by Gasteiger charge is 2.09. The number of rotatable bonds is 4. The van der Waals surface area contributed by atoms with Gasteiger partial charge >= 0.3 is 0 Å². The molecular weight excluding hydrogens is 248 g/mol. The zero-order valence-electron chi connectivity index (χ0n) is 9.98. The van der Waals surface area contributed by atoms with Gasteiger partial charge in [-0.15, -0.1) is 0 Å². The molecule has 1 aromatic heterocycles. The molecule has 0 aliphatic rings. The average molecular weight is 261 g/mol. The Morgan fingerprint density at radius 2 is 2.11 bits per heavy atom. The lowest BCUT2D eigenvalue weighted by Gasteiger charge is -2.14. The number of furan rings is 1. The van der Waals surface area contributed by atoms with Crippen molar-refractivity contribution in [2.75, 3.05) is 0 Å². The van der Waals surface area contributed by atoms with Crippen molar-refractivity contribution in [3.63, 3.8) is 0 Å². The van der Waals surface area contributed by atoms with E-state index in [1.54, 1.807) is 12.1 Å². The van der Waals surface area contributed by atoms with Crippen LogP contribution in [0.2, 0.25) is 5.02 Å². The fourth-order valence-electron chi connectivity index (χ4n) is 1.72. The van der Waals surface area contributed by atoms with Gasteiger partial charge in [-0.3, -0.25) is 0 Å². The first-order valence-electron chi connectivity index (χ1n) is 5.67. The molecule has 1 atom stereocenters. The van der Waals surface area contributed by atoms with Crippen LogP contribution in [0.3, 0.4) is 0 Å². The normalized spacial score (nSPS) is 12.1. The Kier molecular flexibility index (Phi) is 4.03. The minimum absolute atomic E-state index is 0.120. The third kappa shape index (κ3) is 2.92. The second kappa shape index (κ2) is 5.72. The Balaban J connectivity index is 1.98. The first-order valence-corrected chi connectivity index (χ1v) is 6.05. The molecule has 18 heavy (non-hydrogen) atoms. The number of nitrogens with one attached hydrogen (secondary N) is 1. The molecule has 3 nitrogen and oxygen atoms in total. The van der Waals surface area contributed by atoms with Gasteiger partial charge in [-0.2, -0.15) is 5.26 Å². The van der Waals surface area contributed by atoms with E-state index in [1.165, 1.54) is 0 Å². The van der Waals surface area contributed by atoms with Crippen LogP contribution >= 0.6 is 11.6 Å². The Labute approximate surface area is 111 Å². The second-order valence-corrected chi connectivity index (χ2v) is 4.41. The molecule has 1 N–H and O–H groups in total. The zero-order valence-corrected chi connectivity index (χ0v) is 10.7. The molecule has 1 aromatic carbocycles. The maximum absolute atomic E-state index is 8.66. The molecule has 2 rings (SSSR count). The van der Waals surface area contributed by atoms with E-state index >= 15 is 0 Å². The summed E-state index contributed by atoms with van der Waals surface area (Å²) in [5.74, 6) is 1.07. The molecule has 0 saturated heterocycles. The van der Waals surface area contributed by atoms with Gasteiger partial charge in [-0.1, -0.05) is 29.8 Å². The summed E-state index contributed by atoms with van der Waals surface area (Å²) in [7, 11) is 0. The molecule has 0 aliphatic heterocycles. The first kappa shape index (κ1) is 12.7. The van der Waals surface area contributed by atoms with Gasteiger partial charge < -0.3 is 9.73 Å². The van der Waals surface area contributed by atoms with Gasteiger partial charge in [0.25, 0.3) is 0 Å². The number of nitriles is 1. The van der Waals surface area contributed by atoms with E-state index in [4.69, 9.17) is 21.3 Å². The minimum atomic E-state index is 0.120. The van der Waals surface area contributed by atoms with Crippen molar-refractivity contribution in [1.29, 1.82) is 5.26 Å². The molecule has 92 valence electrons. The second-order valence-electron chi connectivity index (χ2n) is 4.00. The van der Waals surface area contributed by atoms with Crippen molar-refractivity contribution in [3.8, 4) is 6.07 Å². The van der Waals surface area contributed by atoms with Crippen LogP contribution in [-0.2, 0) is 6.54 Å². The molecule has 0 unspecified atom stereocenters. The van der Waals surface area contributed by atoms with Gasteiger partial charge in [0, 0.05) is 11.1 Å². The van der Waals surface area contributed by atoms with E-state index < -0.39 is 0 Å². The van der Waals surface area contributed by atoms with Crippen molar-refractivity contribution >= 4 is 11.6 Å². The summed E-state index contributed by atoms with van der Waals surface area (Å²) in [5, 5.41) is 12.7. The van der Waals surface area contributed by atoms with Crippen LogP contribution in [0.25, 0.3) is 0 Å². The summed E-state index contributed by atoms with van der Waals surface area (Å²) >= 11 is 6.12. The van der Waals surface area contributed by atoms with E-state index in [0.717, 1.165) is 16.3 Å². The van der Waals surface area contributed by atoms with Crippen molar-refractivity contribution in [1.82, 2.24) is 5.32 Å². The van der Waals surface area contributed by atoms with Gasteiger partial charge in [0.15, 0.2) is 0 Å². The Morgan fingerprint density at radius 1 is 1.33 bits per heavy atom. The zero-order chi connectivity index (χ0) is 13.0. The first-order chi connectivity index (χ1) is 8.70. The van der Waals surface area contributed by atoms with Crippen molar-refractivity contribution in [2.24, 2.45) is 0 Å². The lowest BCUT2D eigenvalue weighted by Crippen LogP contribution is -2.18. The van der Waals surface area contributed by atoms with Gasteiger partial charge in [0.05, 0.1) is 6.54 Å². The monoisotopic (exact) mass is 260 g/mol. The maximum atomic E-state index is 8.66. The van der Waals surface area contributed by atoms with Crippen LogP contribution in [0, 0.1) is 11.3 Å². The average Bonchev–Trinajstić information content (AvgIpc) is 2.84. The Morgan fingerprint density at radius 3 is 2.78 bits per heavy atom. The fraction of sp³-hybridized carbons (Fsp3) is 0.214. The number of nitrogens with zero attached hydrogens (tertiary/aromatic N) is 1. The van der Waals surface area contributed by atoms with E-state index in [-0.39, 0.29) is 6.04 Å². The topological polar surface area (TPSA) is 49.0 Å². The SMILES string of the molecule is C[C@H](NCc1ccc(C#N)o1)c1ccccc1Cl. The molecular formula is C14H13ClN2O. The highest BCUT2D eigenvalue weighted by atomic mass is 35.5. The lowest BCUT2D eigenvalue weighted by molar-refractivity contribution is 0.453. The molecule has 0 saturated carbocycles. The van der Waals surface area contributed by atoms with Crippen LogP contribution in [-0.4, -0.2) is 0 Å². The van der Waals surface area contributed by atoms with Crippen LogP contribution in [0.15, 0.2) is 40.8 Å². The molecule has 0 radical (unpaired) electrons. The fourth-order valence-corrected chi connectivity index (χ4v) is 2.02. The molecule has 0 fully saturated rings. The standard InChI is InChI=1S/C14H13ClN2O/c1-10(13-4-2-3-5-14(13)15)17-9-12-7-6-11(8-16)18-12/h2-7,10,17H,9H2,1H3/t10-/m0/s1. The summed E-state index contributed by atoms with van der Waals surface area (Å²) in [5.41, 5.74) is 1.05. The highest BCUT2D eigenvalue weighted by molar-refractivity contribution is 6.31. The van der Waals surface area contributed by atoms with Crippen molar-refractivity contribution in [3.05, 3.63) is 58.5 Å². The maximum Gasteiger partial charge on any atom is 0.203 e. The molecule has 4 heteroatoms. The van der Waals surface area contributed by atoms with E-state index in [1.807, 2.05) is 37.3 Å². The highest BCUT2D eigenvalue weighted by Crippen LogP contribution is 2.22. The smallest absolute Gasteiger partial charge is 0.203 e. The van der Waals surface area contributed by atoms with Gasteiger partial charge in [0.2, 0.25) is 5.76 Å². The summed E-state index contributed by atoms with van der Waals surface area (Å²) < 4.78 is 5.29. The third-order valence-electron chi connectivity index (χ3n) is 2.73. The van der Waals surface area contributed by atoms with Crippen molar-refractivity contribution < 1.29 is 4.42 Å². The molecule has 0 amide bonds.